The van der Waals surface area contributed by atoms with Crippen LogP contribution in [-0.2, 0) is 11.8 Å². The summed E-state index contributed by atoms with van der Waals surface area (Å²) >= 11 is 0. The molecule has 23 heavy (non-hydrogen) atoms. The monoisotopic (exact) mass is 318 g/mol. The van der Waals surface area contributed by atoms with Crippen LogP contribution in [0.2, 0.25) is 0 Å². The van der Waals surface area contributed by atoms with Gasteiger partial charge in [-0.1, -0.05) is 33.8 Å². The highest BCUT2D eigenvalue weighted by atomic mass is 16.3. The van der Waals surface area contributed by atoms with Crippen LogP contribution in [0, 0.1) is 11.3 Å². The molecule has 1 aromatic rings. The zero-order chi connectivity index (χ0) is 17.0. The molecule has 0 radical (unpaired) electrons. The topological polar surface area (TPSA) is 60.7 Å². The van der Waals surface area contributed by atoms with Gasteiger partial charge in [-0.05, 0) is 59.8 Å². The summed E-state index contributed by atoms with van der Waals surface area (Å²) in [7, 11) is 0. The number of aromatic hydroxyl groups is 1. The number of phenolic OH excluding ortho intramolecular Hbond substituents is 1. The largest absolute Gasteiger partial charge is 0.508 e. The second-order valence-electron chi connectivity index (χ2n) is 8.57. The lowest BCUT2D eigenvalue weighted by atomic mass is 9.49. The van der Waals surface area contributed by atoms with E-state index in [9.17, 15) is 15.3 Å². The lowest BCUT2D eigenvalue weighted by Crippen LogP contribution is -2.55. The number of rotatable bonds is 2. The van der Waals surface area contributed by atoms with Gasteiger partial charge in [-0.25, -0.2) is 0 Å². The standard InChI is InChI=1S/C20H30O3/c1-12(11-21)14-9-13-5-6-17-19(2,3)8-7-18(23)20(17,4)15(13)10-16(14)22/h9-10,12,17-18,21-23H,5-8,11H2,1-4H3/t12?,17?,18-,20-/m1/s1. The predicted molar refractivity (Wildman–Crippen MR) is 91.8 cm³/mol. The van der Waals surface area contributed by atoms with Crippen LogP contribution < -0.4 is 0 Å². The van der Waals surface area contributed by atoms with E-state index in [1.807, 2.05) is 13.0 Å². The SMILES string of the molecule is CC(CO)c1cc2c(cc1O)[C@]1(C)C(CC2)C(C)(C)CC[C@H]1O. The van der Waals surface area contributed by atoms with E-state index in [1.165, 1.54) is 5.56 Å². The van der Waals surface area contributed by atoms with Crippen molar-refractivity contribution in [3.8, 4) is 5.75 Å². The van der Waals surface area contributed by atoms with Crippen molar-refractivity contribution in [1.82, 2.24) is 0 Å². The molecule has 1 aromatic carbocycles. The lowest BCUT2D eigenvalue weighted by molar-refractivity contribution is -0.0592. The normalized spacial score (nSPS) is 33.7. The average Bonchev–Trinajstić information content (AvgIpc) is 2.51. The Morgan fingerprint density at radius 3 is 2.57 bits per heavy atom. The summed E-state index contributed by atoms with van der Waals surface area (Å²) in [5, 5.41) is 30.7. The molecule has 0 spiro atoms. The van der Waals surface area contributed by atoms with Gasteiger partial charge in [0.05, 0.1) is 6.10 Å². The summed E-state index contributed by atoms with van der Waals surface area (Å²) in [5.74, 6) is 0.605. The quantitative estimate of drug-likeness (QED) is 0.782. The number of aliphatic hydroxyl groups excluding tert-OH is 2. The third-order valence-electron chi connectivity index (χ3n) is 6.76. The van der Waals surface area contributed by atoms with Crippen LogP contribution >= 0.6 is 0 Å². The Morgan fingerprint density at radius 1 is 1.22 bits per heavy atom. The van der Waals surface area contributed by atoms with Gasteiger partial charge in [0.1, 0.15) is 5.75 Å². The van der Waals surface area contributed by atoms with Gasteiger partial charge in [-0.3, -0.25) is 0 Å². The highest BCUT2D eigenvalue weighted by Gasteiger charge is 2.54. The van der Waals surface area contributed by atoms with Gasteiger partial charge in [0.2, 0.25) is 0 Å². The first kappa shape index (κ1) is 16.8. The van der Waals surface area contributed by atoms with E-state index in [4.69, 9.17) is 0 Å². The van der Waals surface area contributed by atoms with E-state index in [0.29, 0.717) is 5.92 Å². The van der Waals surface area contributed by atoms with Gasteiger partial charge in [0, 0.05) is 17.9 Å². The minimum Gasteiger partial charge on any atom is -0.508 e. The fourth-order valence-corrected chi connectivity index (χ4v) is 5.24. The summed E-state index contributed by atoms with van der Waals surface area (Å²) in [6, 6.07) is 3.93. The Morgan fingerprint density at radius 2 is 1.91 bits per heavy atom. The molecule has 2 aliphatic rings. The summed E-state index contributed by atoms with van der Waals surface area (Å²) in [5.41, 5.74) is 3.07. The van der Waals surface area contributed by atoms with Gasteiger partial charge in [-0.15, -0.1) is 0 Å². The fourth-order valence-electron chi connectivity index (χ4n) is 5.24. The number of aryl methyl sites for hydroxylation is 1. The maximum atomic E-state index is 10.8. The maximum Gasteiger partial charge on any atom is 0.119 e. The number of hydrogen-bond acceptors (Lipinski definition) is 3. The van der Waals surface area contributed by atoms with Crippen LogP contribution in [-0.4, -0.2) is 28.0 Å². The molecule has 1 saturated carbocycles. The molecule has 4 atom stereocenters. The highest BCUT2D eigenvalue weighted by Crippen LogP contribution is 2.57. The molecule has 0 saturated heterocycles. The Kier molecular flexibility index (Phi) is 4.01. The van der Waals surface area contributed by atoms with Gasteiger partial charge < -0.3 is 15.3 Å². The second-order valence-corrected chi connectivity index (χ2v) is 8.57. The fraction of sp³-hybridized carbons (Fsp3) is 0.700. The first-order valence-electron chi connectivity index (χ1n) is 8.87. The molecular formula is C20H30O3. The number of aliphatic hydroxyl groups is 2. The smallest absolute Gasteiger partial charge is 0.119 e. The molecule has 0 amide bonds. The molecule has 3 heteroatoms. The zero-order valence-corrected chi connectivity index (χ0v) is 14.8. The molecule has 3 N–H and O–H groups in total. The van der Waals surface area contributed by atoms with Gasteiger partial charge in [0.15, 0.2) is 0 Å². The predicted octanol–water partition coefficient (Wildman–Crippen LogP) is 3.49. The minimum atomic E-state index is -0.361. The maximum absolute atomic E-state index is 10.8. The molecule has 2 aliphatic carbocycles. The third kappa shape index (κ3) is 2.40. The Balaban J connectivity index is 2.14. The molecule has 128 valence electrons. The van der Waals surface area contributed by atoms with Crippen LogP contribution in [0.1, 0.15) is 69.6 Å². The molecule has 0 aliphatic heterocycles. The number of fused-ring (bicyclic) bond motifs is 3. The van der Waals surface area contributed by atoms with E-state index in [-0.39, 0.29) is 35.2 Å². The van der Waals surface area contributed by atoms with Crippen molar-refractivity contribution in [3.05, 3.63) is 28.8 Å². The van der Waals surface area contributed by atoms with Crippen LogP contribution in [0.25, 0.3) is 0 Å². The van der Waals surface area contributed by atoms with Crippen molar-refractivity contribution in [2.75, 3.05) is 6.61 Å². The van der Waals surface area contributed by atoms with E-state index in [0.717, 1.165) is 36.8 Å². The molecule has 3 rings (SSSR count). The minimum absolute atomic E-state index is 0.0297. The van der Waals surface area contributed by atoms with Crippen LogP contribution in [0.3, 0.4) is 0 Å². The van der Waals surface area contributed by atoms with Gasteiger partial charge in [0.25, 0.3) is 0 Å². The molecular weight excluding hydrogens is 288 g/mol. The summed E-state index contributed by atoms with van der Waals surface area (Å²) in [6.07, 6.45) is 3.56. The number of phenols is 1. The van der Waals surface area contributed by atoms with Crippen LogP contribution in [0.4, 0.5) is 0 Å². The van der Waals surface area contributed by atoms with Crippen molar-refractivity contribution >= 4 is 0 Å². The third-order valence-corrected chi connectivity index (χ3v) is 6.76. The summed E-state index contributed by atoms with van der Waals surface area (Å²) in [6.45, 7) is 8.76. The van der Waals surface area contributed by atoms with Crippen molar-refractivity contribution in [3.63, 3.8) is 0 Å². The molecule has 2 unspecified atom stereocenters. The summed E-state index contributed by atoms with van der Waals surface area (Å²) < 4.78 is 0. The Hall–Kier alpha value is -1.06. The highest BCUT2D eigenvalue weighted by molar-refractivity contribution is 5.49. The molecule has 3 nitrogen and oxygen atoms in total. The van der Waals surface area contributed by atoms with Crippen LogP contribution in [0.5, 0.6) is 5.75 Å². The number of benzene rings is 1. The first-order valence-corrected chi connectivity index (χ1v) is 8.87. The number of hydrogen-bond donors (Lipinski definition) is 3. The van der Waals surface area contributed by atoms with E-state index < -0.39 is 0 Å². The van der Waals surface area contributed by atoms with E-state index in [1.54, 1.807) is 0 Å². The zero-order valence-electron chi connectivity index (χ0n) is 14.8. The van der Waals surface area contributed by atoms with Crippen molar-refractivity contribution in [1.29, 1.82) is 0 Å². The van der Waals surface area contributed by atoms with Gasteiger partial charge in [-0.2, -0.15) is 0 Å². The van der Waals surface area contributed by atoms with E-state index in [2.05, 4.69) is 26.8 Å². The van der Waals surface area contributed by atoms with Crippen molar-refractivity contribution in [2.45, 2.75) is 70.8 Å². The first-order chi connectivity index (χ1) is 10.7. The molecule has 0 bridgehead atoms. The average molecular weight is 318 g/mol. The second kappa shape index (κ2) is 5.49. The van der Waals surface area contributed by atoms with Crippen molar-refractivity contribution < 1.29 is 15.3 Å². The Bertz CT molecular complexity index is 607. The lowest BCUT2D eigenvalue weighted by Gasteiger charge is -2.56. The molecule has 0 heterocycles. The Labute approximate surface area is 139 Å². The van der Waals surface area contributed by atoms with Crippen LogP contribution in [0.15, 0.2) is 12.1 Å². The molecule has 0 aromatic heterocycles. The molecule has 1 fully saturated rings. The van der Waals surface area contributed by atoms with Crippen molar-refractivity contribution in [2.24, 2.45) is 11.3 Å². The summed E-state index contributed by atoms with van der Waals surface area (Å²) in [4.78, 5) is 0. The van der Waals surface area contributed by atoms with E-state index >= 15 is 0 Å². The van der Waals surface area contributed by atoms with Gasteiger partial charge >= 0.3 is 0 Å².